The molecule has 0 radical (unpaired) electrons. The Labute approximate surface area is 193 Å². The Morgan fingerprint density at radius 2 is 1.88 bits per heavy atom. The van der Waals surface area contributed by atoms with Crippen LogP contribution in [-0.4, -0.2) is 42.1 Å². The van der Waals surface area contributed by atoms with Crippen molar-refractivity contribution in [2.75, 3.05) is 6.54 Å². The molecule has 0 aliphatic carbocycles. The van der Waals surface area contributed by atoms with E-state index in [4.69, 9.17) is 11.6 Å². The molecule has 4 aromatic rings. The first-order chi connectivity index (χ1) is 15.8. The molecule has 33 heavy (non-hydrogen) atoms. The summed E-state index contributed by atoms with van der Waals surface area (Å²) in [5, 5.41) is 12.6. The van der Waals surface area contributed by atoms with E-state index in [1.54, 1.807) is 22.8 Å². The molecule has 3 heterocycles. The summed E-state index contributed by atoms with van der Waals surface area (Å²) in [6.07, 6.45) is 3.06. The number of rotatable bonds is 3. The van der Waals surface area contributed by atoms with Crippen LogP contribution in [0.1, 0.15) is 46.1 Å². The maximum absolute atomic E-state index is 14.2. The maximum Gasteiger partial charge on any atom is 0.276 e. The van der Waals surface area contributed by atoms with E-state index in [2.05, 4.69) is 15.4 Å². The van der Waals surface area contributed by atoms with Crippen molar-refractivity contribution in [1.29, 1.82) is 0 Å². The van der Waals surface area contributed by atoms with Crippen LogP contribution in [0.25, 0.3) is 5.69 Å². The third-order valence-corrected chi connectivity index (χ3v) is 6.53. The van der Waals surface area contributed by atoms with Crippen molar-refractivity contribution in [1.82, 2.24) is 29.7 Å². The van der Waals surface area contributed by atoms with Crippen molar-refractivity contribution in [3.05, 3.63) is 94.0 Å². The van der Waals surface area contributed by atoms with Gasteiger partial charge in [0.2, 0.25) is 0 Å². The lowest BCUT2D eigenvalue weighted by molar-refractivity contribution is 0.0659. The van der Waals surface area contributed by atoms with Gasteiger partial charge in [0.25, 0.3) is 5.91 Å². The Bertz CT molecular complexity index is 1370. The molecule has 0 N–H and O–H groups in total. The Balaban J connectivity index is 1.51. The Morgan fingerprint density at radius 1 is 1.12 bits per heavy atom. The summed E-state index contributed by atoms with van der Waals surface area (Å²) >= 11 is 6.50. The number of fused-ring (bicyclic) bond motifs is 1. The highest BCUT2D eigenvalue weighted by atomic mass is 35.5. The molecule has 1 amide bonds. The van der Waals surface area contributed by atoms with Crippen LogP contribution in [0.5, 0.6) is 0 Å². The molecule has 10 heteroatoms. The number of carbonyl (C=O) groups is 1. The quantitative estimate of drug-likeness (QED) is 0.450. The van der Waals surface area contributed by atoms with Crippen LogP contribution in [0, 0.1) is 11.6 Å². The molecule has 0 saturated heterocycles. The Hall–Kier alpha value is -3.59. The molecule has 2 atom stereocenters. The summed E-state index contributed by atoms with van der Waals surface area (Å²) in [5.41, 5.74) is 2.97. The van der Waals surface area contributed by atoms with Gasteiger partial charge in [0.1, 0.15) is 16.7 Å². The molecule has 0 unspecified atom stereocenters. The van der Waals surface area contributed by atoms with Gasteiger partial charge in [-0.1, -0.05) is 41.1 Å². The number of halogens is 3. The van der Waals surface area contributed by atoms with Crippen molar-refractivity contribution in [2.45, 2.75) is 18.9 Å². The van der Waals surface area contributed by atoms with E-state index in [1.165, 1.54) is 12.3 Å². The van der Waals surface area contributed by atoms with E-state index in [0.717, 1.165) is 33.5 Å². The average Bonchev–Trinajstić information content (AvgIpc) is 3.41. The molecule has 0 bridgehead atoms. The van der Waals surface area contributed by atoms with Gasteiger partial charge in [0.05, 0.1) is 18.4 Å². The molecule has 0 saturated carbocycles. The normalized spacial score (nSPS) is 17.8. The van der Waals surface area contributed by atoms with Crippen LogP contribution in [0.15, 0.2) is 54.9 Å². The fraction of sp³-hybridized carbons (Fsp3) is 0.217. The van der Waals surface area contributed by atoms with Gasteiger partial charge in [-0.05, 0) is 30.2 Å². The lowest BCUT2D eigenvalue weighted by atomic mass is 9.82. The number of benzene rings is 2. The summed E-state index contributed by atoms with van der Waals surface area (Å²) in [6, 6.07) is 10.8. The molecular weight excluding hydrogens is 450 g/mol. The predicted octanol–water partition coefficient (Wildman–Crippen LogP) is 4.28. The molecule has 0 spiro atoms. The number of aromatic nitrogens is 5. The highest BCUT2D eigenvalue weighted by Crippen LogP contribution is 2.41. The molecule has 1 aliphatic heterocycles. The van der Waals surface area contributed by atoms with Gasteiger partial charge in [-0.2, -0.15) is 5.10 Å². The van der Waals surface area contributed by atoms with Gasteiger partial charge in [-0.15, -0.1) is 5.10 Å². The second-order valence-electron chi connectivity index (χ2n) is 7.97. The molecule has 1 aliphatic rings. The first-order valence-corrected chi connectivity index (χ1v) is 10.7. The zero-order valence-corrected chi connectivity index (χ0v) is 18.5. The minimum Gasteiger partial charge on any atom is -0.329 e. The number of carbonyl (C=O) groups excluding carboxylic acids is 1. The fourth-order valence-corrected chi connectivity index (χ4v) is 4.55. The molecule has 7 nitrogen and oxygen atoms in total. The number of amides is 1. The van der Waals surface area contributed by atoms with Gasteiger partial charge in [-0.25, -0.2) is 13.5 Å². The molecule has 2 aromatic carbocycles. The van der Waals surface area contributed by atoms with Crippen LogP contribution >= 0.6 is 11.6 Å². The second kappa shape index (κ2) is 8.08. The maximum atomic E-state index is 14.2. The molecule has 168 valence electrons. The highest BCUT2D eigenvalue weighted by Gasteiger charge is 2.36. The summed E-state index contributed by atoms with van der Waals surface area (Å²) < 4.78 is 30.1. The van der Waals surface area contributed by atoms with Gasteiger partial charge in [0.15, 0.2) is 11.5 Å². The SMILES string of the molecule is C[C@@H]1c2ccccc2[C@H](c2cnn(C)c2Cl)CN1C(=O)c1cn(-c2ccc(F)cc2F)nn1. The van der Waals surface area contributed by atoms with E-state index >= 15 is 0 Å². The van der Waals surface area contributed by atoms with Crippen molar-refractivity contribution in [2.24, 2.45) is 7.05 Å². The highest BCUT2D eigenvalue weighted by molar-refractivity contribution is 6.30. The van der Waals surface area contributed by atoms with Gasteiger partial charge in [0, 0.05) is 31.1 Å². The van der Waals surface area contributed by atoms with Crippen LogP contribution in [-0.2, 0) is 7.05 Å². The predicted molar refractivity (Wildman–Crippen MR) is 117 cm³/mol. The summed E-state index contributed by atoms with van der Waals surface area (Å²) in [5.74, 6) is -2.03. The van der Waals surface area contributed by atoms with Crippen LogP contribution in [0.3, 0.4) is 0 Å². The van der Waals surface area contributed by atoms with E-state index in [9.17, 15) is 13.6 Å². The van der Waals surface area contributed by atoms with Gasteiger partial charge >= 0.3 is 0 Å². The van der Waals surface area contributed by atoms with Crippen molar-refractivity contribution < 1.29 is 13.6 Å². The summed E-state index contributed by atoms with van der Waals surface area (Å²) in [6.45, 7) is 2.31. The zero-order valence-electron chi connectivity index (χ0n) is 17.8. The number of hydrogen-bond acceptors (Lipinski definition) is 4. The standard InChI is InChI=1S/C23H19ClF2N6O/c1-13-15-5-3-4-6-16(15)18(17-10-27-30(2)22(17)24)11-31(13)23(33)20-12-32(29-28-20)21-8-7-14(25)9-19(21)26/h3-10,12-13,18H,11H2,1-2H3/t13-,18-/m1/s1. The van der Waals surface area contributed by atoms with Gasteiger partial charge < -0.3 is 4.90 Å². The van der Waals surface area contributed by atoms with Crippen LogP contribution < -0.4 is 0 Å². The zero-order chi connectivity index (χ0) is 23.3. The molecular formula is C23H19ClF2N6O. The molecule has 2 aromatic heterocycles. The number of aryl methyl sites for hydroxylation is 1. The Kier molecular flexibility index (Phi) is 5.20. The largest absolute Gasteiger partial charge is 0.329 e. The minimum absolute atomic E-state index is 0.00000606. The first-order valence-electron chi connectivity index (χ1n) is 10.3. The summed E-state index contributed by atoms with van der Waals surface area (Å²) in [7, 11) is 1.76. The second-order valence-corrected chi connectivity index (χ2v) is 8.33. The van der Waals surface area contributed by atoms with E-state index in [1.807, 2.05) is 31.2 Å². The van der Waals surface area contributed by atoms with E-state index < -0.39 is 11.6 Å². The monoisotopic (exact) mass is 468 g/mol. The third kappa shape index (κ3) is 3.58. The topological polar surface area (TPSA) is 68.8 Å². The minimum atomic E-state index is -0.801. The van der Waals surface area contributed by atoms with Crippen LogP contribution in [0.4, 0.5) is 8.78 Å². The van der Waals surface area contributed by atoms with Crippen molar-refractivity contribution >= 4 is 17.5 Å². The van der Waals surface area contributed by atoms with Crippen molar-refractivity contribution in [3.8, 4) is 5.69 Å². The fourth-order valence-electron chi connectivity index (χ4n) is 4.32. The van der Waals surface area contributed by atoms with Crippen molar-refractivity contribution in [3.63, 3.8) is 0 Å². The number of nitrogens with zero attached hydrogens (tertiary/aromatic N) is 6. The van der Waals surface area contributed by atoms with E-state index in [0.29, 0.717) is 11.7 Å². The van der Waals surface area contributed by atoms with Crippen LogP contribution in [0.2, 0.25) is 5.15 Å². The third-order valence-electron chi connectivity index (χ3n) is 6.07. The number of hydrogen-bond donors (Lipinski definition) is 0. The first kappa shape index (κ1) is 21.3. The van der Waals surface area contributed by atoms with E-state index in [-0.39, 0.29) is 29.2 Å². The molecule has 0 fully saturated rings. The lowest BCUT2D eigenvalue weighted by Gasteiger charge is -2.39. The molecule has 5 rings (SSSR count). The Morgan fingerprint density at radius 3 is 2.58 bits per heavy atom. The van der Waals surface area contributed by atoms with Gasteiger partial charge in [-0.3, -0.25) is 9.48 Å². The summed E-state index contributed by atoms with van der Waals surface area (Å²) in [4.78, 5) is 15.2. The lowest BCUT2D eigenvalue weighted by Crippen LogP contribution is -2.41. The average molecular weight is 469 g/mol. The smallest absolute Gasteiger partial charge is 0.276 e.